The van der Waals surface area contributed by atoms with Gasteiger partial charge in [0.15, 0.2) is 0 Å². The summed E-state index contributed by atoms with van der Waals surface area (Å²) in [6.45, 7) is 2.09. The van der Waals surface area contributed by atoms with Crippen LogP contribution in [-0.2, 0) is 0 Å². The number of nitrogens with one attached hydrogen (secondary N) is 1. The molecule has 4 nitrogen and oxygen atoms in total. The Morgan fingerprint density at radius 3 is 2.30 bits per heavy atom. The third-order valence-corrected chi connectivity index (χ3v) is 1.37. The zero-order valence-electron chi connectivity index (χ0n) is 6.80. The van der Waals surface area contributed by atoms with E-state index in [4.69, 9.17) is 11.5 Å². The van der Waals surface area contributed by atoms with Gasteiger partial charge in [0, 0.05) is 19.6 Å². The first-order chi connectivity index (χ1) is 4.72. The molecule has 10 heavy (non-hydrogen) atoms. The number of nitrogens with two attached hydrogens (primary N) is 2. The summed E-state index contributed by atoms with van der Waals surface area (Å²) in [5.41, 5.74) is 10.8. The molecule has 0 amide bonds. The maximum atomic E-state index is 5.47. The van der Waals surface area contributed by atoms with Crippen LogP contribution in [-0.4, -0.2) is 44.8 Å². The Bertz CT molecular complexity index is 74.1. The Labute approximate surface area is 62.6 Å². The summed E-state index contributed by atoms with van der Waals surface area (Å²) in [6, 6.07) is 0. The van der Waals surface area contributed by atoms with E-state index < -0.39 is 0 Å². The van der Waals surface area contributed by atoms with Gasteiger partial charge in [-0.1, -0.05) is 0 Å². The van der Waals surface area contributed by atoms with Crippen LogP contribution in [0.5, 0.6) is 0 Å². The number of nitrogens with zero attached hydrogens (tertiary/aromatic N) is 1. The molecule has 4 heteroatoms. The van der Waals surface area contributed by atoms with E-state index in [0.29, 0.717) is 13.1 Å². The Morgan fingerprint density at radius 2 is 2.00 bits per heavy atom. The number of rotatable bonds is 5. The fourth-order valence-electron chi connectivity index (χ4n) is 0.727. The second-order valence-electron chi connectivity index (χ2n) is 2.46. The normalized spacial score (nSPS) is 14.1. The molecule has 0 aliphatic rings. The summed E-state index contributed by atoms with van der Waals surface area (Å²) in [4.78, 5) is 2.04. The Morgan fingerprint density at radius 1 is 1.40 bits per heavy atom. The summed E-state index contributed by atoms with van der Waals surface area (Å²) in [6.07, 6.45) is 0.253. The number of hydrogen-bond acceptors (Lipinski definition) is 4. The Balaban J connectivity index is 3.40. The van der Waals surface area contributed by atoms with Crippen molar-refractivity contribution in [3.63, 3.8) is 0 Å². The summed E-state index contributed by atoms with van der Waals surface area (Å²) in [7, 11) is 3.97. The highest BCUT2D eigenvalue weighted by molar-refractivity contribution is 4.63. The van der Waals surface area contributed by atoms with Crippen LogP contribution in [0.25, 0.3) is 0 Å². The highest BCUT2D eigenvalue weighted by Gasteiger charge is 2.05. The van der Waals surface area contributed by atoms with Gasteiger partial charge in [-0.25, -0.2) is 0 Å². The lowest BCUT2D eigenvalue weighted by Gasteiger charge is -2.23. The van der Waals surface area contributed by atoms with Crippen LogP contribution in [0.1, 0.15) is 0 Å². The van der Waals surface area contributed by atoms with Gasteiger partial charge in [0.25, 0.3) is 0 Å². The smallest absolute Gasteiger partial charge is 0.0719 e. The number of likely N-dealkylation sites (N-methyl/N-ethyl adjacent to an activating group) is 1. The van der Waals surface area contributed by atoms with E-state index in [0.717, 1.165) is 6.54 Å². The van der Waals surface area contributed by atoms with Crippen molar-refractivity contribution in [2.75, 3.05) is 33.7 Å². The fourth-order valence-corrected chi connectivity index (χ4v) is 0.727. The molecule has 5 N–H and O–H groups in total. The molecule has 0 aromatic carbocycles. The van der Waals surface area contributed by atoms with Gasteiger partial charge < -0.3 is 11.5 Å². The zero-order chi connectivity index (χ0) is 7.98. The molecule has 1 unspecified atom stereocenters. The maximum Gasteiger partial charge on any atom is 0.0719 e. The molecule has 0 spiro atoms. The molecule has 62 valence electrons. The largest absolute Gasteiger partial charge is 0.329 e. The fraction of sp³-hybridized carbons (Fsp3) is 1.00. The summed E-state index contributed by atoms with van der Waals surface area (Å²) in [5, 5.41) is 3.19. The van der Waals surface area contributed by atoms with E-state index in [2.05, 4.69) is 5.32 Å². The highest BCUT2D eigenvalue weighted by Crippen LogP contribution is 1.82. The van der Waals surface area contributed by atoms with Crippen LogP contribution < -0.4 is 16.8 Å². The van der Waals surface area contributed by atoms with Crippen LogP contribution in [0.2, 0.25) is 0 Å². The maximum absolute atomic E-state index is 5.47. The molecule has 0 heterocycles. The Kier molecular flexibility index (Phi) is 5.52. The first kappa shape index (κ1) is 9.84. The molecular formula is C6H18N4. The van der Waals surface area contributed by atoms with Crippen molar-refractivity contribution in [1.82, 2.24) is 10.2 Å². The molecule has 0 bridgehead atoms. The average Bonchev–Trinajstić information content (AvgIpc) is 1.89. The topological polar surface area (TPSA) is 67.3 Å². The van der Waals surface area contributed by atoms with Gasteiger partial charge in [0.05, 0.1) is 6.17 Å². The van der Waals surface area contributed by atoms with Crippen LogP contribution in [0.15, 0.2) is 0 Å². The second-order valence-corrected chi connectivity index (χ2v) is 2.46. The standard InChI is InChI=1S/C6H18N4/c1-10(2)6(5-8)9-4-3-7/h6,9H,3-5,7-8H2,1-2H3. The average molecular weight is 146 g/mol. The molecule has 0 rings (SSSR count). The first-order valence-electron chi connectivity index (χ1n) is 3.52. The van der Waals surface area contributed by atoms with Gasteiger partial charge in [-0.3, -0.25) is 10.2 Å². The number of hydrogen-bond donors (Lipinski definition) is 3. The third-order valence-electron chi connectivity index (χ3n) is 1.37. The predicted molar refractivity (Wildman–Crippen MR) is 43.6 cm³/mol. The van der Waals surface area contributed by atoms with Crippen molar-refractivity contribution in [1.29, 1.82) is 0 Å². The van der Waals surface area contributed by atoms with E-state index in [1.54, 1.807) is 0 Å². The molecule has 0 fully saturated rings. The molecule has 0 aliphatic heterocycles. The predicted octanol–water partition coefficient (Wildman–Crippen LogP) is -1.62. The van der Waals surface area contributed by atoms with Crippen LogP contribution >= 0.6 is 0 Å². The molecular weight excluding hydrogens is 128 g/mol. The second kappa shape index (κ2) is 5.61. The summed E-state index contributed by atoms with van der Waals surface area (Å²) in [5.74, 6) is 0. The lowest BCUT2D eigenvalue weighted by Crippen LogP contribution is -2.48. The molecule has 0 saturated carbocycles. The summed E-state index contributed by atoms with van der Waals surface area (Å²) >= 11 is 0. The lowest BCUT2D eigenvalue weighted by molar-refractivity contribution is 0.255. The van der Waals surface area contributed by atoms with E-state index in [1.807, 2.05) is 19.0 Å². The first-order valence-corrected chi connectivity index (χ1v) is 3.52. The van der Waals surface area contributed by atoms with E-state index in [9.17, 15) is 0 Å². The van der Waals surface area contributed by atoms with Crippen molar-refractivity contribution in [2.24, 2.45) is 11.5 Å². The molecule has 0 radical (unpaired) electrons. The quantitative estimate of drug-likeness (QED) is 0.408. The van der Waals surface area contributed by atoms with Gasteiger partial charge in [-0.15, -0.1) is 0 Å². The van der Waals surface area contributed by atoms with Gasteiger partial charge in [-0.2, -0.15) is 0 Å². The monoisotopic (exact) mass is 146 g/mol. The minimum Gasteiger partial charge on any atom is -0.329 e. The molecule has 0 saturated heterocycles. The van der Waals surface area contributed by atoms with E-state index >= 15 is 0 Å². The van der Waals surface area contributed by atoms with Gasteiger partial charge in [-0.05, 0) is 14.1 Å². The van der Waals surface area contributed by atoms with E-state index in [-0.39, 0.29) is 6.17 Å². The van der Waals surface area contributed by atoms with Crippen molar-refractivity contribution < 1.29 is 0 Å². The molecule has 1 atom stereocenters. The van der Waals surface area contributed by atoms with Gasteiger partial charge >= 0.3 is 0 Å². The van der Waals surface area contributed by atoms with Gasteiger partial charge in [0.1, 0.15) is 0 Å². The third kappa shape index (κ3) is 3.79. The minimum atomic E-state index is 0.253. The SMILES string of the molecule is CN(C)C(CN)NCCN. The zero-order valence-corrected chi connectivity index (χ0v) is 6.80. The van der Waals surface area contributed by atoms with Crippen molar-refractivity contribution >= 4 is 0 Å². The van der Waals surface area contributed by atoms with Crippen molar-refractivity contribution in [3.8, 4) is 0 Å². The van der Waals surface area contributed by atoms with Gasteiger partial charge in [0.2, 0.25) is 0 Å². The van der Waals surface area contributed by atoms with Crippen LogP contribution in [0, 0.1) is 0 Å². The molecule has 0 aliphatic carbocycles. The lowest BCUT2D eigenvalue weighted by atomic mass is 10.4. The van der Waals surface area contributed by atoms with Crippen LogP contribution in [0.3, 0.4) is 0 Å². The van der Waals surface area contributed by atoms with Crippen molar-refractivity contribution in [3.05, 3.63) is 0 Å². The summed E-state index contributed by atoms with van der Waals surface area (Å²) < 4.78 is 0. The highest BCUT2D eigenvalue weighted by atomic mass is 15.2. The van der Waals surface area contributed by atoms with E-state index in [1.165, 1.54) is 0 Å². The molecule has 0 aromatic rings. The van der Waals surface area contributed by atoms with Crippen LogP contribution in [0.4, 0.5) is 0 Å². The minimum absolute atomic E-state index is 0.253. The van der Waals surface area contributed by atoms with Crippen molar-refractivity contribution in [2.45, 2.75) is 6.17 Å². The molecule has 0 aromatic heterocycles. The Hall–Kier alpha value is -0.160.